The van der Waals surface area contributed by atoms with Crippen LogP contribution in [0.5, 0.6) is 5.75 Å². The van der Waals surface area contributed by atoms with Crippen LogP contribution in [-0.4, -0.2) is 30.9 Å². The molecule has 0 N–H and O–H groups in total. The lowest BCUT2D eigenvalue weighted by Gasteiger charge is -2.23. The standard InChI is InChI=1S/C18H18O4/c1-3-9-8-12-14-15(18(9)22-12)17(20)13(16(14)19)10-6-4-5-7-11(10)21-2/h3-7,9,12-15,18H,1,8H2,2H3/t9?,12?,13?,14-,15+,18?/m0/s1. The lowest BCUT2D eigenvalue weighted by atomic mass is 9.75. The molecule has 2 saturated heterocycles. The van der Waals surface area contributed by atoms with Gasteiger partial charge in [-0.25, -0.2) is 0 Å². The van der Waals surface area contributed by atoms with Crippen LogP contribution in [0.2, 0.25) is 0 Å². The zero-order valence-electron chi connectivity index (χ0n) is 12.4. The summed E-state index contributed by atoms with van der Waals surface area (Å²) in [6.45, 7) is 3.83. The molecule has 114 valence electrons. The Hall–Kier alpha value is -1.94. The molecule has 1 aliphatic carbocycles. The zero-order chi connectivity index (χ0) is 15.4. The average molecular weight is 298 g/mol. The fourth-order valence-electron chi connectivity index (χ4n) is 4.44. The van der Waals surface area contributed by atoms with E-state index in [1.165, 1.54) is 0 Å². The second-order valence-corrected chi connectivity index (χ2v) is 6.31. The molecular formula is C18H18O4. The lowest BCUT2D eigenvalue weighted by molar-refractivity contribution is -0.127. The number of hydrogen-bond acceptors (Lipinski definition) is 4. The van der Waals surface area contributed by atoms with E-state index >= 15 is 0 Å². The van der Waals surface area contributed by atoms with Crippen molar-refractivity contribution in [3.63, 3.8) is 0 Å². The van der Waals surface area contributed by atoms with Crippen LogP contribution in [0.15, 0.2) is 36.9 Å². The number of rotatable bonds is 3. The van der Waals surface area contributed by atoms with Gasteiger partial charge in [0.25, 0.3) is 0 Å². The molecule has 3 fully saturated rings. The number of fused-ring (bicyclic) bond motifs is 5. The first-order chi connectivity index (χ1) is 10.7. The number of carbonyl (C=O) groups is 2. The first kappa shape index (κ1) is 13.7. The second-order valence-electron chi connectivity index (χ2n) is 6.31. The maximum absolute atomic E-state index is 12.9. The Kier molecular flexibility index (Phi) is 2.98. The van der Waals surface area contributed by atoms with Crippen LogP contribution < -0.4 is 4.74 Å². The number of benzene rings is 1. The minimum absolute atomic E-state index is 0.00508. The monoisotopic (exact) mass is 298 g/mol. The fraction of sp³-hybridized carbons (Fsp3) is 0.444. The minimum atomic E-state index is -0.705. The summed E-state index contributed by atoms with van der Waals surface area (Å²) in [5, 5.41) is 0. The third-order valence-electron chi connectivity index (χ3n) is 5.38. The highest BCUT2D eigenvalue weighted by Crippen LogP contribution is 2.55. The summed E-state index contributed by atoms with van der Waals surface area (Å²) in [6.07, 6.45) is 2.35. The van der Waals surface area contributed by atoms with Gasteiger partial charge in [0, 0.05) is 11.5 Å². The van der Waals surface area contributed by atoms with Crippen LogP contribution in [0.3, 0.4) is 0 Å². The summed E-state index contributed by atoms with van der Waals surface area (Å²) < 4.78 is 11.2. The van der Waals surface area contributed by atoms with Crippen LogP contribution in [-0.2, 0) is 14.3 Å². The number of Topliss-reactive ketones (excluding diaryl/α,β-unsaturated/α-hetero) is 2. The summed E-state index contributed by atoms with van der Waals surface area (Å²) in [7, 11) is 1.56. The van der Waals surface area contributed by atoms with Crippen LogP contribution in [0, 0.1) is 17.8 Å². The molecule has 0 radical (unpaired) electrons. The van der Waals surface area contributed by atoms with Gasteiger partial charge in [-0.05, 0) is 12.5 Å². The van der Waals surface area contributed by atoms with Crippen molar-refractivity contribution >= 4 is 11.6 Å². The molecular weight excluding hydrogens is 280 g/mol. The molecule has 0 aromatic heterocycles. The predicted octanol–water partition coefficient (Wildman–Crippen LogP) is 2.14. The third-order valence-corrected chi connectivity index (χ3v) is 5.38. The van der Waals surface area contributed by atoms with E-state index in [1.807, 2.05) is 24.3 Å². The molecule has 1 aromatic rings. The number of ether oxygens (including phenoxy) is 2. The van der Waals surface area contributed by atoms with E-state index in [0.717, 1.165) is 6.42 Å². The molecule has 4 rings (SSSR count). The van der Waals surface area contributed by atoms with E-state index in [2.05, 4.69) is 6.58 Å². The molecule has 2 heterocycles. The van der Waals surface area contributed by atoms with E-state index in [4.69, 9.17) is 9.47 Å². The number of methoxy groups -OCH3 is 1. The molecule has 22 heavy (non-hydrogen) atoms. The average Bonchev–Trinajstić information content (AvgIpc) is 3.19. The summed E-state index contributed by atoms with van der Waals surface area (Å²) >= 11 is 0. The Bertz CT molecular complexity index is 665. The maximum atomic E-state index is 12.9. The van der Waals surface area contributed by atoms with Gasteiger partial charge in [0.2, 0.25) is 0 Å². The second kappa shape index (κ2) is 4.78. The SMILES string of the molecule is C=CC1CC2OC1[C@H]1C(=O)C(c3ccccc3OC)C(=O)[C@@H]21. The molecule has 3 aliphatic rings. The predicted molar refractivity (Wildman–Crippen MR) is 79.7 cm³/mol. The highest BCUT2D eigenvalue weighted by atomic mass is 16.5. The zero-order valence-corrected chi connectivity index (χ0v) is 12.4. The molecule has 1 saturated carbocycles. The van der Waals surface area contributed by atoms with Crippen molar-refractivity contribution in [3.05, 3.63) is 42.5 Å². The maximum Gasteiger partial charge on any atom is 0.154 e. The third kappa shape index (κ3) is 1.61. The summed E-state index contributed by atoms with van der Waals surface area (Å²) in [5.41, 5.74) is 0.684. The molecule has 1 aromatic carbocycles. The van der Waals surface area contributed by atoms with Crippen LogP contribution in [0.25, 0.3) is 0 Å². The Labute approximate surface area is 129 Å². The fourth-order valence-corrected chi connectivity index (χ4v) is 4.44. The molecule has 0 amide bonds. The van der Waals surface area contributed by atoms with Crippen molar-refractivity contribution in [1.29, 1.82) is 0 Å². The van der Waals surface area contributed by atoms with E-state index in [0.29, 0.717) is 11.3 Å². The normalized spacial score (nSPS) is 39.1. The van der Waals surface area contributed by atoms with Crippen molar-refractivity contribution in [2.75, 3.05) is 7.11 Å². The number of para-hydroxylation sites is 1. The summed E-state index contributed by atoms with van der Waals surface area (Å²) in [4.78, 5) is 25.8. The topological polar surface area (TPSA) is 52.6 Å². The summed E-state index contributed by atoms with van der Waals surface area (Å²) in [6, 6.07) is 7.29. The van der Waals surface area contributed by atoms with Gasteiger partial charge < -0.3 is 9.47 Å². The first-order valence-corrected chi connectivity index (χ1v) is 7.65. The van der Waals surface area contributed by atoms with Gasteiger partial charge in [0.1, 0.15) is 11.7 Å². The highest BCUT2D eigenvalue weighted by Gasteiger charge is 2.65. The van der Waals surface area contributed by atoms with Crippen molar-refractivity contribution in [3.8, 4) is 5.75 Å². The largest absolute Gasteiger partial charge is 0.496 e. The molecule has 2 aliphatic heterocycles. The van der Waals surface area contributed by atoms with Gasteiger partial charge >= 0.3 is 0 Å². The molecule has 4 heteroatoms. The quantitative estimate of drug-likeness (QED) is 0.634. The van der Waals surface area contributed by atoms with Crippen molar-refractivity contribution in [1.82, 2.24) is 0 Å². The van der Waals surface area contributed by atoms with E-state index in [-0.39, 0.29) is 41.5 Å². The number of carbonyl (C=O) groups excluding carboxylic acids is 2. The summed E-state index contributed by atoms with van der Waals surface area (Å²) in [5.74, 6) is -0.549. The van der Waals surface area contributed by atoms with Gasteiger partial charge in [-0.2, -0.15) is 0 Å². The minimum Gasteiger partial charge on any atom is -0.496 e. The Morgan fingerprint density at radius 3 is 2.68 bits per heavy atom. The van der Waals surface area contributed by atoms with E-state index in [9.17, 15) is 9.59 Å². The van der Waals surface area contributed by atoms with Crippen LogP contribution >= 0.6 is 0 Å². The Morgan fingerprint density at radius 2 is 1.95 bits per heavy atom. The van der Waals surface area contributed by atoms with Gasteiger partial charge in [-0.3, -0.25) is 9.59 Å². The highest BCUT2D eigenvalue weighted by molar-refractivity contribution is 6.17. The van der Waals surface area contributed by atoms with Gasteiger partial charge in [-0.1, -0.05) is 24.3 Å². The van der Waals surface area contributed by atoms with Crippen molar-refractivity contribution < 1.29 is 19.1 Å². The van der Waals surface area contributed by atoms with Crippen molar-refractivity contribution in [2.24, 2.45) is 17.8 Å². The van der Waals surface area contributed by atoms with Crippen LogP contribution in [0.4, 0.5) is 0 Å². The smallest absolute Gasteiger partial charge is 0.154 e. The Balaban J connectivity index is 1.74. The van der Waals surface area contributed by atoms with E-state index in [1.54, 1.807) is 13.2 Å². The van der Waals surface area contributed by atoms with Gasteiger partial charge in [-0.15, -0.1) is 6.58 Å². The molecule has 4 unspecified atom stereocenters. The van der Waals surface area contributed by atoms with Crippen LogP contribution in [0.1, 0.15) is 17.9 Å². The molecule has 2 bridgehead atoms. The van der Waals surface area contributed by atoms with Gasteiger partial charge in [0.15, 0.2) is 11.6 Å². The van der Waals surface area contributed by atoms with Gasteiger partial charge in [0.05, 0.1) is 31.2 Å². The van der Waals surface area contributed by atoms with E-state index < -0.39 is 5.92 Å². The molecule has 4 nitrogen and oxygen atoms in total. The number of ketones is 2. The molecule has 6 atom stereocenters. The van der Waals surface area contributed by atoms with Crippen molar-refractivity contribution in [2.45, 2.75) is 24.5 Å². The molecule has 0 spiro atoms. The number of hydrogen-bond donors (Lipinski definition) is 0. The Morgan fingerprint density at radius 1 is 1.23 bits per heavy atom. The lowest BCUT2D eigenvalue weighted by Crippen LogP contribution is -2.34. The first-order valence-electron chi connectivity index (χ1n) is 7.65.